The third-order valence-electron chi connectivity index (χ3n) is 2.93. The van der Waals surface area contributed by atoms with Crippen LogP contribution in [0.1, 0.15) is 27.9 Å². The molecule has 1 aromatic rings. The molecule has 1 amide bonds. The van der Waals surface area contributed by atoms with Gasteiger partial charge in [-0.3, -0.25) is 14.0 Å². The molecular weight excluding hydrogens is 221 g/mol. The van der Waals surface area contributed by atoms with E-state index in [0.29, 0.717) is 11.3 Å². The minimum Gasteiger partial charge on any atom is -0.305 e. The molecule has 1 aliphatic heterocycles. The number of benzene rings is 1. The number of hydrogen-bond acceptors (Lipinski definition) is 2. The molecule has 0 aromatic heterocycles. The molecule has 0 saturated heterocycles. The minimum absolute atomic E-state index is 0.255. The molecule has 0 atom stereocenters. The average Bonchev–Trinajstić information content (AvgIpc) is 2.49. The van der Waals surface area contributed by atoms with E-state index in [0.717, 1.165) is 11.1 Å². The van der Waals surface area contributed by atoms with Gasteiger partial charge in [-0.25, -0.2) is 0 Å². The number of rotatable bonds is 3. The molecule has 0 radical (unpaired) electrons. The third-order valence-corrected chi connectivity index (χ3v) is 2.93. The van der Waals surface area contributed by atoms with Crippen molar-refractivity contribution in [2.24, 2.45) is 0 Å². The molecule has 0 bridgehead atoms. The molecule has 3 nitrogen and oxygen atoms in total. The van der Waals surface area contributed by atoms with Crippen LogP contribution in [0.15, 0.2) is 12.1 Å². The average molecular weight is 235 g/mol. The van der Waals surface area contributed by atoms with Gasteiger partial charge in [-0.2, -0.15) is 0 Å². The van der Waals surface area contributed by atoms with Crippen LogP contribution < -0.4 is 4.90 Å². The van der Waals surface area contributed by atoms with E-state index in [2.05, 4.69) is 0 Å². The summed E-state index contributed by atoms with van der Waals surface area (Å²) in [7, 11) is 0. The smallest absolute Gasteiger partial charge is 0.299 e. The summed E-state index contributed by atoms with van der Waals surface area (Å²) < 4.78 is 12.2. The normalized spacial score (nSPS) is 14.4. The van der Waals surface area contributed by atoms with Crippen molar-refractivity contribution in [1.29, 1.82) is 0 Å². The number of carbonyl (C=O) groups is 2. The summed E-state index contributed by atoms with van der Waals surface area (Å²) in [5.41, 5.74) is 2.90. The van der Waals surface area contributed by atoms with Gasteiger partial charge in [-0.15, -0.1) is 0 Å². The highest BCUT2D eigenvalue weighted by Gasteiger charge is 2.36. The van der Waals surface area contributed by atoms with Crippen LogP contribution in [0.3, 0.4) is 0 Å². The number of carbonyl (C=O) groups excluding carboxylic acids is 2. The highest BCUT2D eigenvalue weighted by Crippen LogP contribution is 2.32. The first-order valence-electron chi connectivity index (χ1n) is 5.59. The Morgan fingerprint density at radius 2 is 1.94 bits per heavy atom. The standard InChI is InChI=1S/C13H14FNO2/c1-8-6-9(2)11-10(7-8)15(5-3-4-14)13(17)12(11)16/h6-7H,3-5H2,1-2H3. The lowest BCUT2D eigenvalue weighted by molar-refractivity contribution is -0.114. The Balaban J connectivity index is 2.48. The van der Waals surface area contributed by atoms with Crippen molar-refractivity contribution in [2.45, 2.75) is 20.3 Å². The van der Waals surface area contributed by atoms with E-state index >= 15 is 0 Å². The zero-order chi connectivity index (χ0) is 12.6. The number of amides is 1. The fourth-order valence-corrected chi connectivity index (χ4v) is 2.23. The van der Waals surface area contributed by atoms with Gasteiger partial charge in [0, 0.05) is 6.54 Å². The van der Waals surface area contributed by atoms with Crippen LogP contribution in [-0.2, 0) is 4.79 Å². The Morgan fingerprint density at radius 3 is 2.59 bits per heavy atom. The molecule has 1 heterocycles. The molecule has 1 aromatic carbocycles. The topological polar surface area (TPSA) is 37.4 Å². The van der Waals surface area contributed by atoms with Gasteiger partial charge in [0.25, 0.3) is 11.7 Å². The van der Waals surface area contributed by atoms with Crippen LogP contribution in [0, 0.1) is 13.8 Å². The SMILES string of the molecule is Cc1cc(C)c2c(c1)N(CCCF)C(=O)C2=O. The third kappa shape index (κ3) is 1.84. The van der Waals surface area contributed by atoms with Crippen LogP contribution in [0.25, 0.3) is 0 Å². The lowest BCUT2D eigenvalue weighted by atomic mass is 10.0. The van der Waals surface area contributed by atoms with Gasteiger partial charge >= 0.3 is 0 Å². The van der Waals surface area contributed by atoms with Gasteiger partial charge in [0.05, 0.1) is 17.9 Å². The fourth-order valence-electron chi connectivity index (χ4n) is 2.23. The Morgan fingerprint density at radius 1 is 1.24 bits per heavy atom. The minimum atomic E-state index is -0.540. The van der Waals surface area contributed by atoms with Crippen molar-refractivity contribution in [3.05, 3.63) is 28.8 Å². The molecule has 4 heteroatoms. The van der Waals surface area contributed by atoms with Crippen molar-refractivity contribution < 1.29 is 14.0 Å². The van der Waals surface area contributed by atoms with E-state index in [1.165, 1.54) is 4.90 Å². The number of ketones is 1. The van der Waals surface area contributed by atoms with E-state index < -0.39 is 18.4 Å². The summed E-state index contributed by atoms with van der Waals surface area (Å²) >= 11 is 0. The Hall–Kier alpha value is -1.71. The second kappa shape index (κ2) is 4.28. The quantitative estimate of drug-likeness (QED) is 0.753. The summed E-state index contributed by atoms with van der Waals surface area (Å²) in [5, 5.41) is 0. The highest BCUT2D eigenvalue weighted by molar-refractivity contribution is 6.52. The number of nitrogens with zero attached hydrogens (tertiary/aromatic N) is 1. The Kier molecular flexibility index (Phi) is 2.96. The van der Waals surface area contributed by atoms with Gasteiger partial charge in [0.15, 0.2) is 0 Å². The first-order valence-corrected chi connectivity index (χ1v) is 5.59. The lowest BCUT2D eigenvalue weighted by Gasteiger charge is -2.16. The van der Waals surface area contributed by atoms with Crippen LogP contribution in [0.2, 0.25) is 0 Å². The maximum Gasteiger partial charge on any atom is 0.299 e. The molecule has 0 spiro atoms. The van der Waals surface area contributed by atoms with Crippen molar-refractivity contribution in [3.63, 3.8) is 0 Å². The largest absolute Gasteiger partial charge is 0.305 e. The molecule has 1 aliphatic rings. The summed E-state index contributed by atoms with van der Waals surface area (Å²) in [4.78, 5) is 25.0. The number of aryl methyl sites for hydroxylation is 2. The van der Waals surface area contributed by atoms with E-state index in [-0.39, 0.29) is 13.0 Å². The summed E-state index contributed by atoms with van der Waals surface area (Å²) in [6.45, 7) is 3.50. The zero-order valence-electron chi connectivity index (χ0n) is 9.92. The Labute approximate surface area is 99.2 Å². The number of anilines is 1. The first-order chi connectivity index (χ1) is 8.06. The first kappa shape index (κ1) is 11.8. The van der Waals surface area contributed by atoms with E-state index in [4.69, 9.17) is 0 Å². The summed E-state index contributed by atoms with van der Waals surface area (Å²) in [5.74, 6) is -1.02. The summed E-state index contributed by atoms with van der Waals surface area (Å²) in [6.07, 6.45) is 0.255. The number of hydrogen-bond donors (Lipinski definition) is 0. The van der Waals surface area contributed by atoms with Crippen molar-refractivity contribution in [1.82, 2.24) is 0 Å². The predicted octanol–water partition coefficient (Wildman–Crippen LogP) is 2.19. The van der Waals surface area contributed by atoms with Gasteiger partial charge in [0.2, 0.25) is 0 Å². The zero-order valence-corrected chi connectivity index (χ0v) is 9.92. The second-order valence-electron chi connectivity index (χ2n) is 4.30. The molecule has 17 heavy (non-hydrogen) atoms. The molecule has 90 valence electrons. The molecule has 0 aliphatic carbocycles. The molecule has 0 fully saturated rings. The van der Waals surface area contributed by atoms with E-state index in [1.54, 1.807) is 0 Å². The van der Waals surface area contributed by atoms with Gasteiger partial charge in [-0.1, -0.05) is 6.07 Å². The van der Waals surface area contributed by atoms with Crippen molar-refractivity contribution >= 4 is 17.4 Å². The molecule has 0 saturated carbocycles. The van der Waals surface area contributed by atoms with E-state index in [1.807, 2.05) is 26.0 Å². The molecule has 0 unspecified atom stereocenters. The van der Waals surface area contributed by atoms with Crippen LogP contribution in [0.5, 0.6) is 0 Å². The van der Waals surface area contributed by atoms with E-state index in [9.17, 15) is 14.0 Å². The van der Waals surface area contributed by atoms with Crippen LogP contribution in [0.4, 0.5) is 10.1 Å². The monoisotopic (exact) mass is 235 g/mol. The predicted molar refractivity (Wildman–Crippen MR) is 63.2 cm³/mol. The number of alkyl halides is 1. The van der Waals surface area contributed by atoms with Crippen LogP contribution >= 0.6 is 0 Å². The van der Waals surface area contributed by atoms with Crippen LogP contribution in [-0.4, -0.2) is 24.9 Å². The number of Topliss-reactive ketones (excluding diaryl/α,β-unsaturated/α-hetero) is 1. The molecule has 0 N–H and O–H groups in total. The second-order valence-corrected chi connectivity index (χ2v) is 4.30. The lowest BCUT2D eigenvalue weighted by Crippen LogP contribution is -2.30. The highest BCUT2D eigenvalue weighted by atomic mass is 19.1. The number of halogens is 1. The van der Waals surface area contributed by atoms with Crippen molar-refractivity contribution in [3.8, 4) is 0 Å². The maximum absolute atomic E-state index is 12.2. The molecule has 2 rings (SSSR count). The number of fused-ring (bicyclic) bond motifs is 1. The summed E-state index contributed by atoms with van der Waals surface area (Å²) in [6, 6.07) is 3.69. The van der Waals surface area contributed by atoms with Gasteiger partial charge in [0.1, 0.15) is 0 Å². The fraction of sp³-hybridized carbons (Fsp3) is 0.385. The maximum atomic E-state index is 12.2. The Bertz CT molecular complexity index is 496. The van der Waals surface area contributed by atoms with Crippen molar-refractivity contribution in [2.75, 3.05) is 18.1 Å². The van der Waals surface area contributed by atoms with Gasteiger partial charge < -0.3 is 4.90 Å². The van der Waals surface area contributed by atoms with Gasteiger partial charge in [-0.05, 0) is 37.5 Å². The molecular formula is C13H14FNO2.